The molecule has 36 heavy (non-hydrogen) atoms. The largest absolute Gasteiger partial charge is 0.468 e. The summed E-state index contributed by atoms with van der Waals surface area (Å²) >= 11 is 1.63. The van der Waals surface area contributed by atoms with Gasteiger partial charge >= 0.3 is 11.9 Å². The molecule has 1 aromatic carbocycles. The quantitative estimate of drug-likeness (QED) is 0.338. The number of carbonyl (C=O) groups excluding carboxylic acids is 3. The smallest absolute Gasteiger partial charge is 0.336 e. The van der Waals surface area contributed by atoms with E-state index in [0.717, 1.165) is 5.75 Å². The standard InChI is InChI=1S/C27H29NO7S/c1-5-36-11-10-34-27(32)21-15(3)28-18-12-14(2)20(26(31)33-4)25(30)23(18)22(21)17-13-35-19-9-7-6-8-16(19)24(17)29/h6-9,13-14,20,22,28H,5,10-12H2,1-4H3/t14-,20+,22+/m1/s1. The van der Waals surface area contributed by atoms with E-state index >= 15 is 0 Å². The third kappa shape index (κ3) is 4.59. The van der Waals surface area contributed by atoms with Crippen molar-refractivity contribution in [2.24, 2.45) is 11.8 Å². The number of ketones is 1. The van der Waals surface area contributed by atoms with Crippen LogP contribution in [0.2, 0.25) is 0 Å². The fourth-order valence-electron chi connectivity index (χ4n) is 4.97. The number of hydrogen-bond acceptors (Lipinski definition) is 9. The predicted octanol–water partition coefficient (Wildman–Crippen LogP) is 3.70. The molecule has 0 unspecified atom stereocenters. The second-order valence-electron chi connectivity index (χ2n) is 8.88. The predicted molar refractivity (Wildman–Crippen MR) is 136 cm³/mol. The van der Waals surface area contributed by atoms with Gasteiger partial charge in [0.05, 0.1) is 30.3 Å². The molecule has 0 saturated carbocycles. The number of esters is 2. The molecule has 2 aliphatic rings. The SMILES string of the molecule is CCSCCOC(=O)C1=C(C)NC2=C(C(=O)[C@@H](C(=O)OC)[C@H](C)C2)[C@H]1c1coc2ccccc2c1=O. The van der Waals surface area contributed by atoms with Crippen LogP contribution in [0.25, 0.3) is 11.0 Å². The Hall–Kier alpha value is -3.33. The molecule has 0 fully saturated rings. The zero-order valence-corrected chi connectivity index (χ0v) is 21.5. The van der Waals surface area contributed by atoms with Crippen molar-refractivity contribution in [3.05, 3.63) is 68.9 Å². The molecule has 190 valence electrons. The normalized spacial score (nSPS) is 21.8. The zero-order valence-electron chi connectivity index (χ0n) is 20.7. The Morgan fingerprint density at radius 1 is 1.22 bits per heavy atom. The second-order valence-corrected chi connectivity index (χ2v) is 10.3. The molecule has 4 rings (SSSR count). The van der Waals surface area contributed by atoms with E-state index < -0.39 is 29.6 Å². The van der Waals surface area contributed by atoms with Crippen molar-refractivity contribution in [1.29, 1.82) is 0 Å². The Morgan fingerprint density at radius 2 is 1.97 bits per heavy atom. The highest BCUT2D eigenvalue weighted by molar-refractivity contribution is 7.99. The number of dihydropyridines is 1. The maximum Gasteiger partial charge on any atom is 0.336 e. The highest BCUT2D eigenvalue weighted by atomic mass is 32.2. The van der Waals surface area contributed by atoms with E-state index in [4.69, 9.17) is 13.9 Å². The number of Topliss-reactive ketones (excluding diaryl/α,β-unsaturated/α-hetero) is 1. The number of nitrogens with one attached hydrogen (secondary N) is 1. The van der Waals surface area contributed by atoms with Gasteiger partial charge in [-0.1, -0.05) is 26.0 Å². The number of fused-ring (bicyclic) bond motifs is 1. The number of benzene rings is 1. The van der Waals surface area contributed by atoms with E-state index in [1.165, 1.54) is 13.4 Å². The molecular formula is C27H29NO7S. The van der Waals surface area contributed by atoms with Gasteiger partial charge < -0.3 is 19.2 Å². The lowest BCUT2D eigenvalue weighted by atomic mass is 9.69. The van der Waals surface area contributed by atoms with Crippen molar-refractivity contribution >= 4 is 40.5 Å². The first-order chi connectivity index (χ1) is 17.3. The monoisotopic (exact) mass is 511 g/mol. The van der Waals surface area contributed by atoms with Crippen LogP contribution in [-0.4, -0.2) is 42.9 Å². The number of ether oxygens (including phenoxy) is 2. The van der Waals surface area contributed by atoms with Crippen LogP contribution in [0.15, 0.2) is 62.3 Å². The number of allylic oxidation sites excluding steroid dienone is 3. The van der Waals surface area contributed by atoms with Crippen molar-refractivity contribution in [2.75, 3.05) is 25.2 Å². The van der Waals surface area contributed by atoms with E-state index in [2.05, 4.69) is 5.32 Å². The van der Waals surface area contributed by atoms with E-state index in [0.29, 0.717) is 34.5 Å². The minimum Gasteiger partial charge on any atom is -0.468 e. The van der Waals surface area contributed by atoms with Gasteiger partial charge in [0, 0.05) is 28.3 Å². The van der Waals surface area contributed by atoms with Gasteiger partial charge in [0.1, 0.15) is 18.1 Å². The van der Waals surface area contributed by atoms with Crippen LogP contribution >= 0.6 is 11.8 Å². The minimum absolute atomic E-state index is 0.142. The number of methoxy groups -OCH3 is 1. The molecule has 0 amide bonds. The number of carbonyl (C=O) groups is 3. The molecule has 1 aliphatic carbocycles. The van der Waals surface area contributed by atoms with Crippen LogP contribution in [0.4, 0.5) is 0 Å². The summed E-state index contributed by atoms with van der Waals surface area (Å²) < 4.78 is 16.2. The maximum absolute atomic E-state index is 13.8. The van der Waals surface area contributed by atoms with Crippen LogP contribution < -0.4 is 10.7 Å². The molecular weight excluding hydrogens is 482 g/mol. The van der Waals surface area contributed by atoms with Gasteiger partial charge in [-0.15, -0.1) is 0 Å². The summed E-state index contributed by atoms with van der Waals surface area (Å²) in [5, 5.41) is 3.53. The van der Waals surface area contributed by atoms with Crippen molar-refractivity contribution in [3.8, 4) is 0 Å². The summed E-state index contributed by atoms with van der Waals surface area (Å²) in [7, 11) is 1.24. The molecule has 3 atom stereocenters. The summed E-state index contributed by atoms with van der Waals surface area (Å²) in [5.41, 5.74) is 1.62. The van der Waals surface area contributed by atoms with E-state index in [-0.39, 0.29) is 34.7 Å². The summed E-state index contributed by atoms with van der Waals surface area (Å²) in [6, 6.07) is 6.79. The van der Waals surface area contributed by atoms with Crippen LogP contribution in [0.5, 0.6) is 0 Å². The summed E-state index contributed by atoms with van der Waals surface area (Å²) in [5.74, 6) is -2.63. The third-order valence-electron chi connectivity index (χ3n) is 6.65. The summed E-state index contributed by atoms with van der Waals surface area (Å²) in [4.78, 5) is 53.3. The fourth-order valence-corrected chi connectivity index (χ4v) is 5.46. The Kier molecular flexibility index (Phi) is 7.68. The van der Waals surface area contributed by atoms with E-state index in [9.17, 15) is 19.2 Å². The number of hydrogen-bond donors (Lipinski definition) is 1. The Balaban J connectivity index is 1.88. The third-order valence-corrected chi connectivity index (χ3v) is 7.51. The molecule has 1 aromatic heterocycles. The van der Waals surface area contributed by atoms with Crippen LogP contribution in [-0.2, 0) is 23.9 Å². The fraction of sp³-hybridized carbons (Fsp3) is 0.407. The molecule has 1 N–H and O–H groups in total. The molecule has 2 heterocycles. The highest BCUT2D eigenvalue weighted by Crippen LogP contribution is 2.45. The average Bonchev–Trinajstić information content (AvgIpc) is 2.86. The lowest BCUT2D eigenvalue weighted by Gasteiger charge is -2.37. The van der Waals surface area contributed by atoms with Gasteiger partial charge in [-0.05, 0) is 37.1 Å². The van der Waals surface area contributed by atoms with Crippen LogP contribution in [0.3, 0.4) is 0 Å². The number of thioether (sulfide) groups is 1. The lowest BCUT2D eigenvalue weighted by molar-refractivity contribution is -0.151. The summed E-state index contributed by atoms with van der Waals surface area (Å²) in [6.07, 6.45) is 1.68. The Morgan fingerprint density at radius 3 is 2.69 bits per heavy atom. The molecule has 0 saturated heterocycles. The van der Waals surface area contributed by atoms with Crippen molar-refractivity contribution in [2.45, 2.75) is 33.1 Å². The van der Waals surface area contributed by atoms with E-state index in [1.807, 2.05) is 6.92 Å². The van der Waals surface area contributed by atoms with Gasteiger partial charge in [0.15, 0.2) is 11.2 Å². The highest BCUT2D eigenvalue weighted by Gasteiger charge is 2.48. The van der Waals surface area contributed by atoms with Gasteiger partial charge in [-0.25, -0.2) is 4.79 Å². The molecule has 9 heteroatoms. The first-order valence-corrected chi connectivity index (χ1v) is 13.0. The van der Waals surface area contributed by atoms with Gasteiger partial charge in [-0.2, -0.15) is 11.8 Å². The molecule has 0 radical (unpaired) electrons. The topological polar surface area (TPSA) is 112 Å². The molecule has 0 spiro atoms. The average molecular weight is 512 g/mol. The Bertz CT molecular complexity index is 1340. The van der Waals surface area contributed by atoms with Gasteiger partial charge in [0.25, 0.3) is 0 Å². The van der Waals surface area contributed by atoms with Crippen LogP contribution in [0, 0.1) is 11.8 Å². The number of rotatable bonds is 7. The van der Waals surface area contributed by atoms with Crippen molar-refractivity contribution in [3.63, 3.8) is 0 Å². The van der Waals surface area contributed by atoms with Gasteiger partial charge in [-0.3, -0.25) is 14.4 Å². The minimum atomic E-state index is -1.04. The summed E-state index contributed by atoms with van der Waals surface area (Å²) in [6.45, 7) is 5.73. The zero-order chi connectivity index (χ0) is 26.0. The number of para-hydroxylation sites is 1. The first kappa shape index (κ1) is 25.8. The molecule has 2 aromatic rings. The molecule has 0 bridgehead atoms. The Labute approximate surface area is 213 Å². The molecule has 1 aliphatic heterocycles. The second kappa shape index (κ2) is 10.7. The van der Waals surface area contributed by atoms with Crippen molar-refractivity contribution in [1.82, 2.24) is 5.32 Å². The van der Waals surface area contributed by atoms with E-state index in [1.54, 1.807) is 49.9 Å². The van der Waals surface area contributed by atoms with Crippen molar-refractivity contribution < 1.29 is 28.3 Å². The van der Waals surface area contributed by atoms with Crippen LogP contribution in [0.1, 0.15) is 38.7 Å². The first-order valence-electron chi connectivity index (χ1n) is 11.9. The van der Waals surface area contributed by atoms with Gasteiger partial charge in [0.2, 0.25) is 0 Å². The lowest BCUT2D eigenvalue weighted by Crippen LogP contribution is -2.44. The maximum atomic E-state index is 13.8. The molecule has 8 nitrogen and oxygen atoms in total.